The maximum Gasteiger partial charge on any atom is 0.339 e. The molecule has 0 saturated heterocycles. The molecule has 94 valence electrons. The molecule has 1 aromatic heterocycles. The molecule has 0 unspecified atom stereocenters. The first kappa shape index (κ1) is 11.5. The first-order chi connectivity index (χ1) is 9.29. The molecule has 0 radical (unpaired) electrons. The Hall–Kier alpha value is -2.55. The highest BCUT2D eigenvalue weighted by Crippen LogP contribution is 2.26. The molecule has 3 nitrogen and oxygen atoms in total. The van der Waals surface area contributed by atoms with Gasteiger partial charge in [0.05, 0.1) is 18.2 Å². The Balaban J connectivity index is 2.19. The minimum Gasteiger partial charge on any atom is -0.465 e. The van der Waals surface area contributed by atoms with Crippen molar-refractivity contribution in [3.8, 4) is 11.3 Å². The lowest BCUT2D eigenvalue weighted by atomic mass is 10.1. The molecule has 1 heterocycles. The van der Waals surface area contributed by atoms with E-state index in [9.17, 15) is 4.79 Å². The molecular formula is C16H13NO2. The van der Waals surface area contributed by atoms with E-state index in [0.29, 0.717) is 5.56 Å². The summed E-state index contributed by atoms with van der Waals surface area (Å²) in [6.07, 6.45) is 0. The number of benzene rings is 2. The van der Waals surface area contributed by atoms with Crippen molar-refractivity contribution in [2.45, 2.75) is 0 Å². The van der Waals surface area contributed by atoms with E-state index in [1.165, 1.54) is 7.11 Å². The topological polar surface area (TPSA) is 42.1 Å². The standard InChI is InChI=1S/C16H13NO2/c1-19-16(18)13-9-5-8-12-10-14(17-15(12)13)11-6-3-2-4-7-11/h2-10,17H,1H3. The lowest BCUT2D eigenvalue weighted by Crippen LogP contribution is -2.01. The van der Waals surface area contributed by atoms with Crippen LogP contribution in [0.4, 0.5) is 0 Å². The van der Waals surface area contributed by atoms with Crippen LogP contribution < -0.4 is 0 Å². The average molecular weight is 251 g/mol. The van der Waals surface area contributed by atoms with Gasteiger partial charge < -0.3 is 9.72 Å². The Bertz CT molecular complexity index is 729. The van der Waals surface area contributed by atoms with E-state index >= 15 is 0 Å². The molecule has 3 heteroatoms. The molecule has 0 atom stereocenters. The summed E-state index contributed by atoms with van der Waals surface area (Å²) in [5, 5.41) is 1.00. The predicted octanol–water partition coefficient (Wildman–Crippen LogP) is 3.62. The Labute approximate surface area is 110 Å². The number of para-hydroxylation sites is 1. The molecule has 3 aromatic rings. The largest absolute Gasteiger partial charge is 0.465 e. The number of methoxy groups -OCH3 is 1. The number of aromatic nitrogens is 1. The van der Waals surface area contributed by atoms with Gasteiger partial charge in [-0.15, -0.1) is 0 Å². The Morgan fingerprint density at radius 3 is 2.58 bits per heavy atom. The Kier molecular flexibility index (Phi) is 2.80. The van der Waals surface area contributed by atoms with Crippen molar-refractivity contribution < 1.29 is 9.53 Å². The summed E-state index contributed by atoms with van der Waals surface area (Å²) in [6, 6.07) is 17.7. The van der Waals surface area contributed by atoms with E-state index in [1.54, 1.807) is 6.07 Å². The third-order valence-electron chi connectivity index (χ3n) is 3.15. The molecule has 0 saturated carbocycles. The second-order valence-corrected chi connectivity index (χ2v) is 4.31. The van der Waals surface area contributed by atoms with Gasteiger partial charge in [0.15, 0.2) is 0 Å². The second kappa shape index (κ2) is 4.61. The maximum atomic E-state index is 11.7. The highest BCUT2D eigenvalue weighted by atomic mass is 16.5. The first-order valence-electron chi connectivity index (χ1n) is 6.05. The quantitative estimate of drug-likeness (QED) is 0.707. The lowest BCUT2D eigenvalue weighted by Gasteiger charge is -2.00. The van der Waals surface area contributed by atoms with E-state index in [2.05, 4.69) is 4.98 Å². The van der Waals surface area contributed by atoms with Crippen LogP contribution >= 0.6 is 0 Å². The SMILES string of the molecule is COC(=O)c1cccc2cc(-c3ccccc3)[nH]c12. The van der Waals surface area contributed by atoms with Crippen LogP contribution in [-0.2, 0) is 4.74 Å². The van der Waals surface area contributed by atoms with Crippen molar-refractivity contribution in [3.05, 3.63) is 60.2 Å². The van der Waals surface area contributed by atoms with Gasteiger partial charge in [-0.25, -0.2) is 4.79 Å². The van der Waals surface area contributed by atoms with Crippen LogP contribution in [-0.4, -0.2) is 18.1 Å². The molecule has 19 heavy (non-hydrogen) atoms. The molecule has 0 amide bonds. The Morgan fingerprint density at radius 1 is 1.05 bits per heavy atom. The zero-order chi connectivity index (χ0) is 13.2. The van der Waals surface area contributed by atoms with Gasteiger partial charge in [-0.3, -0.25) is 0 Å². The van der Waals surface area contributed by atoms with Gasteiger partial charge in [-0.1, -0.05) is 42.5 Å². The number of hydrogen-bond acceptors (Lipinski definition) is 2. The average Bonchev–Trinajstić information content (AvgIpc) is 2.91. The van der Waals surface area contributed by atoms with Crippen molar-refractivity contribution in [1.29, 1.82) is 0 Å². The van der Waals surface area contributed by atoms with Crippen molar-refractivity contribution in [1.82, 2.24) is 4.98 Å². The van der Waals surface area contributed by atoms with E-state index in [0.717, 1.165) is 22.2 Å². The molecule has 0 fully saturated rings. The third-order valence-corrected chi connectivity index (χ3v) is 3.15. The van der Waals surface area contributed by atoms with E-state index < -0.39 is 0 Å². The number of H-pyrrole nitrogens is 1. The molecule has 0 aliphatic carbocycles. The van der Waals surface area contributed by atoms with Crippen molar-refractivity contribution in [2.75, 3.05) is 7.11 Å². The zero-order valence-electron chi connectivity index (χ0n) is 10.5. The number of fused-ring (bicyclic) bond motifs is 1. The number of aromatic amines is 1. The lowest BCUT2D eigenvalue weighted by molar-refractivity contribution is 0.0603. The van der Waals surface area contributed by atoms with E-state index in [-0.39, 0.29) is 5.97 Å². The molecular weight excluding hydrogens is 238 g/mol. The number of ether oxygens (including phenoxy) is 1. The molecule has 0 aliphatic heterocycles. The van der Waals surface area contributed by atoms with Crippen molar-refractivity contribution in [3.63, 3.8) is 0 Å². The summed E-state index contributed by atoms with van der Waals surface area (Å²) in [5.74, 6) is -0.327. The van der Waals surface area contributed by atoms with Gasteiger partial charge in [0, 0.05) is 11.1 Å². The molecule has 0 aliphatic rings. The molecule has 2 aromatic carbocycles. The minimum absolute atomic E-state index is 0.327. The number of carbonyl (C=O) groups is 1. The van der Waals surface area contributed by atoms with E-state index in [4.69, 9.17) is 4.74 Å². The molecule has 0 spiro atoms. The van der Waals surface area contributed by atoms with E-state index in [1.807, 2.05) is 48.5 Å². The van der Waals surface area contributed by atoms with Gasteiger partial charge in [0.2, 0.25) is 0 Å². The molecule has 1 N–H and O–H groups in total. The van der Waals surface area contributed by atoms with Crippen molar-refractivity contribution >= 4 is 16.9 Å². The van der Waals surface area contributed by atoms with Crippen LogP contribution in [0.3, 0.4) is 0 Å². The van der Waals surface area contributed by atoms with Gasteiger partial charge in [0.25, 0.3) is 0 Å². The van der Waals surface area contributed by atoms with Crippen LogP contribution in [0.25, 0.3) is 22.2 Å². The van der Waals surface area contributed by atoms with Crippen LogP contribution in [0.2, 0.25) is 0 Å². The zero-order valence-corrected chi connectivity index (χ0v) is 10.5. The van der Waals surface area contributed by atoms with Gasteiger partial charge >= 0.3 is 5.97 Å². The normalized spacial score (nSPS) is 10.6. The summed E-state index contributed by atoms with van der Waals surface area (Å²) in [7, 11) is 1.39. The summed E-state index contributed by atoms with van der Waals surface area (Å²) in [6.45, 7) is 0. The van der Waals surface area contributed by atoms with Crippen LogP contribution in [0.15, 0.2) is 54.6 Å². The van der Waals surface area contributed by atoms with Crippen LogP contribution in [0.1, 0.15) is 10.4 Å². The fourth-order valence-corrected chi connectivity index (χ4v) is 2.21. The smallest absolute Gasteiger partial charge is 0.339 e. The fourth-order valence-electron chi connectivity index (χ4n) is 2.21. The number of nitrogens with one attached hydrogen (secondary N) is 1. The number of hydrogen-bond donors (Lipinski definition) is 1. The van der Waals surface area contributed by atoms with Gasteiger partial charge in [-0.05, 0) is 17.7 Å². The van der Waals surface area contributed by atoms with Gasteiger partial charge in [0.1, 0.15) is 0 Å². The number of esters is 1. The number of rotatable bonds is 2. The molecule has 0 bridgehead atoms. The summed E-state index contributed by atoms with van der Waals surface area (Å²) in [5.41, 5.74) is 3.46. The second-order valence-electron chi connectivity index (χ2n) is 4.31. The minimum atomic E-state index is -0.327. The summed E-state index contributed by atoms with van der Waals surface area (Å²) in [4.78, 5) is 15.0. The summed E-state index contributed by atoms with van der Waals surface area (Å²) < 4.78 is 4.80. The van der Waals surface area contributed by atoms with Crippen molar-refractivity contribution in [2.24, 2.45) is 0 Å². The Morgan fingerprint density at radius 2 is 1.84 bits per heavy atom. The fraction of sp³-hybridized carbons (Fsp3) is 0.0625. The van der Waals surface area contributed by atoms with Crippen LogP contribution in [0.5, 0.6) is 0 Å². The number of carbonyl (C=O) groups excluding carboxylic acids is 1. The molecule has 3 rings (SSSR count). The van der Waals surface area contributed by atoms with Crippen LogP contribution in [0, 0.1) is 0 Å². The highest BCUT2D eigenvalue weighted by molar-refractivity contribution is 6.04. The summed E-state index contributed by atoms with van der Waals surface area (Å²) >= 11 is 0. The highest BCUT2D eigenvalue weighted by Gasteiger charge is 2.12. The monoisotopic (exact) mass is 251 g/mol. The van der Waals surface area contributed by atoms with Gasteiger partial charge in [-0.2, -0.15) is 0 Å². The predicted molar refractivity (Wildman–Crippen MR) is 75.1 cm³/mol. The third kappa shape index (κ3) is 1.99. The maximum absolute atomic E-state index is 11.7. The first-order valence-corrected chi connectivity index (χ1v) is 6.05.